The van der Waals surface area contributed by atoms with Gasteiger partial charge in [0.15, 0.2) is 0 Å². The third-order valence-electron chi connectivity index (χ3n) is 4.70. The Hall–Kier alpha value is -1.13. The van der Waals surface area contributed by atoms with Gasteiger partial charge in [-0.3, -0.25) is 0 Å². The largest absolute Gasteiger partial charge is 0.455 e. The molecule has 0 saturated carbocycles. The fourth-order valence-electron chi connectivity index (χ4n) is 3.20. The molecule has 2 aliphatic heterocycles. The van der Waals surface area contributed by atoms with E-state index in [1.54, 1.807) is 0 Å². The van der Waals surface area contributed by atoms with Gasteiger partial charge in [-0.05, 0) is 38.7 Å². The summed E-state index contributed by atoms with van der Waals surface area (Å²) in [7, 11) is 0. The molecule has 2 saturated heterocycles. The number of epoxide rings is 1. The fourth-order valence-corrected chi connectivity index (χ4v) is 3.20. The van der Waals surface area contributed by atoms with Crippen molar-refractivity contribution in [2.75, 3.05) is 0 Å². The van der Waals surface area contributed by atoms with Crippen LogP contribution in [0.2, 0.25) is 0 Å². The zero-order chi connectivity index (χ0) is 13.8. The van der Waals surface area contributed by atoms with Gasteiger partial charge in [0, 0.05) is 11.5 Å². The number of allylic oxidation sites excluding steroid dienone is 1. The monoisotopic (exact) mass is 264 g/mol. The van der Waals surface area contributed by atoms with Crippen molar-refractivity contribution >= 4 is 5.97 Å². The molecule has 0 bridgehead atoms. The number of fused-ring (bicyclic) bond motifs is 3. The molecule has 4 nitrogen and oxygen atoms in total. The predicted octanol–water partition coefficient (Wildman–Crippen LogP) is 1.73. The summed E-state index contributed by atoms with van der Waals surface area (Å²) in [6.07, 6.45) is 3.42. The number of aliphatic hydroxyl groups excluding tert-OH is 1. The summed E-state index contributed by atoms with van der Waals surface area (Å²) >= 11 is 0. The van der Waals surface area contributed by atoms with E-state index in [-0.39, 0.29) is 29.7 Å². The lowest BCUT2D eigenvalue weighted by Crippen LogP contribution is -2.31. The van der Waals surface area contributed by atoms with Gasteiger partial charge in [0.05, 0.1) is 11.7 Å². The highest BCUT2D eigenvalue weighted by Gasteiger charge is 2.61. The third kappa shape index (κ3) is 2.03. The van der Waals surface area contributed by atoms with Gasteiger partial charge in [-0.25, -0.2) is 4.79 Å². The maximum Gasteiger partial charge on any atom is 0.334 e. The number of esters is 1. The van der Waals surface area contributed by atoms with E-state index in [0.717, 1.165) is 18.4 Å². The van der Waals surface area contributed by atoms with Gasteiger partial charge in [-0.2, -0.15) is 0 Å². The van der Waals surface area contributed by atoms with Crippen molar-refractivity contribution in [1.82, 2.24) is 0 Å². The Kier molecular flexibility index (Phi) is 2.84. The van der Waals surface area contributed by atoms with Crippen LogP contribution in [0.3, 0.4) is 0 Å². The van der Waals surface area contributed by atoms with Crippen LogP contribution in [0.5, 0.6) is 0 Å². The average molecular weight is 264 g/mol. The van der Waals surface area contributed by atoms with Crippen LogP contribution in [0, 0.1) is 5.92 Å². The van der Waals surface area contributed by atoms with E-state index >= 15 is 0 Å². The molecule has 0 spiro atoms. The molecule has 0 aromatic rings. The quantitative estimate of drug-likeness (QED) is 0.313. The molecular weight excluding hydrogens is 244 g/mol. The van der Waals surface area contributed by atoms with Crippen LogP contribution in [0.25, 0.3) is 0 Å². The molecule has 3 rings (SSSR count). The van der Waals surface area contributed by atoms with Crippen molar-refractivity contribution in [3.05, 3.63) is 23.8 Å². The minimum absolute atomic E-state index is 0.0558. The first-order valence-electron chi connectivity index (χ1n) is 6.85. The molecule has 104 valence electrons. The van der Waals surface area contributed by atoms with Gasteiger partial charge in [0.1, 0.15) is 12.2 Å². The van der Waals surface area contributed by atoms with Crippen LogP contribution >= 0.6 is 0 Å². The molecule has 2 fully saturated rings. The van der Waals surface area contributed by atoms with Crippen LogP contribution in [0.4, 0.5) is 0 Å². The van der Waals surface area contributed by atoms with Gasteiger partial charge < -0.3 is 14.6 Å². The van der Waals surface area contributed by atoms with Gasteiger partial charge in [0.25, 0.3) is 0 Å². The Morgan fingerprint density at radius 3 is 3.00 bits per heavy atom. The SMILES string of the molecule is C=C1C(=O)OC2[C@H]3O[C@]3(C)CC/C=C(\C)[C@H](O)C[C@@H]12. The van der Waals surface area contributed by atoms with Crippen molar-refractivity contribution in [3.8, 4) is 0 Å². The molecule has 5 atom stereocenters. The molecule has 0 amide bonds. The Morgan fingerprint density at radius 1 is 1.53 bits per heavy atom. The second-order valence-corrected chi connectivity index (χ2v) is 6.09. The summed E-state index contributed by atoms with van der Waals surface area (Å²) in [5.41, 5.74) is 1.22. The number of rotatable bonds is 0. The molecule has 1 N–H and O–H groups in total. The van der Waals surface area contributed by atoms with Gasteiger partial charge in [0.2, 0.25) is 0 Å². The summed E-state index contributed by atoms with van der Waals surface area (Å²) in [5, 5.41) is 10.2. The molecule has 1 aliphatic carbocycles. The molecular formula is C15H20O4. The summed E-state index contributed by atoms with van der Waals surface area (Å²) in [6, 6.07) is 0. The maximum atomic E-state index is 11.7. The fraction of sp³-hybridized carbons (Fsp3) is 0.667. The summed E-state index contributed by atoms with van der Waals surface area (Å²) in [4.78, 5) is 11.7. The topological polar surface area (TPSA) is 59.1 Å². The van der Waals surface area contributed by atoms with E-state index in [1.165, 1.54) is 0 Å². The van der Waals surface area contributed by atoms with Crippen LogP contribution in [-0.2, 0) is 14.3 Å². The van der Waals surface area contributed by atoms with Crippen LogP contribution in [0.1, 0.15) is 33.1 Å². The molecule has 1 unspecified atom stereocenters. The third-order valence-corrected chi connectivity index (χ3v) is 4.70. The Labute approximate surface area is 113 Å². The van der Waals surface area contributed by atoms with Crippen molar-refractivity contribution in [2.24, 2.45) is 5.92 Å². The average Bonchev–Trinajstić information content (AvgIpc) is 2.95. The van der Waals surface area contributed by atoms with Gasteiger partial charge in [-0.15, -0.1) is 0 Å². The lowest BCUT2D eigenvalue weighted by Gasteiger charge is -2.22. The first-order valence-corrected chi connectivity index (χ1v) is 6.85. The molecule has 2 heterocycles. The van der Waals surface area contributed by atoms with Crippen LogP contribution < -0.4 is 0 Å². The summed E-state index contributed by atoms with van der Waals surface area (Å²) in [5.74, 6) is -0.489. The first-order chi connectivity index (χ1) is 8.92. The lowest BCUT2D eigenvalue weighted by molar-refractivity contribution is -0.140. The summed E-state index contributed by atoms with van der Waals surface area (Å²) < 4.78 is 11.2. The van der Waals surface area contributed by atoms with E-state index in [0.29, 0.717) is 12.0 Å². The standard InChI is InChI=1S/C15H20O4/c1-8-5-4-6-15(3)13(19-15)12-10(7-11(8)16)9(2)14(17)18-12/h5,10-13,16H,2,4,6-7H2,1,3H3/b8-5+/t10-,11+,12?,13+,15+/m0/s1. The smallest absolute Gasteiger partial charge is 0.334 e. The van der Waals surface area contributed by atoms with Crippen LogP contribution in [0.15, 0.2) is 23.8 Å². The van der Waals surface area contributed by atoms with Crippen molar-refractivity contribution in [1.29, 1.82) is 0 Å². The zero-order valence-corrected chi connectivity index (χ0v) is 11.4. The first kappa shape index (κ1) is 12.9. The second kappa shape index (κ2) is 4.18. The number of hydrogen-bond acceptors (Lipinski definition) is 4. The zero-order valence-electron chi connectivity index (χ0n) is 11.4. The Bertz CT molecular complexity index is 467. The molecule has 19 heavy (non-hydrogen) atoms. The number of ether oxygens (including phenoxy) is 2. The van der Waals surface area contributed by atoms with Crippen molar-refractivity contribution in [2.45, 2.75) is 57.0 Å². The maximum absolute atomic E-state index is 11.7. The molecule has 3 aliphatic rings. The van der Waals surface area contributed by atoms with E-state index in [1.807, 2.05) is 6.92 Å². The normalized spacial score (nSPS) is 48.7. The highest BCUT2D eigenvalue weighted by molar-refractivity contribution is 5.91. The van der Waals surface area contributed by atoms with Crippen LogP contribution in [-0.4, -0.2) is 35.0 Å². The van der Waals surface area contributed by atoms with E-state index in [4.69, 9.17) is 9.47 Å². The summed E-state index contributed by atoms with van der Waals surface area (Å²) in [6.45, 7) is 7.81. The number of aliphatic hydroxyl groups is 1. The van der Waals surface area contributed by atoms with E-state index < -0.39 is 6.10 Å². The molecule has 0 aromatic carbocycles. The van der Waals surface area contributed by atoms with E-state index in [9.17, 15) is 9.90 Å². The molecule has 0 aromatic heterocycles. The minimum Gasteiger partial charge on any atom is -0.455 e. The number of hydrogen-bond donors (Lipinski definition) is 1. The minimum atomic E-state index is -0.540. The van der Waals surface area contributed by atoms with Gasteiger partial charge in [-0.1, -0.05) is 12.7 Å². The Balaban J connectivity index is 1.91. The Morgan fingerprint density at radius 2 is 2.26 bits per heavy atom. The molecule has 0 radical (unpaired) electrons. The van der Waals surface area contributed by atoms with Crippen molar-refractivity contribution < 1.29 is 19.4 Å². The lowest BCUT2D eigenvalue weighted by atomic mass is 9.83. The highest BCUT2D eigenvalue weighted by atomic mass is 16.6. The second-order valence-electron chi connectivity index (χ2n) is 6.09. The van der Waals surface area contributed by atoms with E-state index in [2.05, 4.69) is 19.6 Å². The highest BCUT2D eigenvalue weighted by Crippen LogP contribution is 2.49. The predicted molar refractivity (Wildman–Crippen MR) is 69.4 cm³/mol. The number of carbonyl (C=O) groups excluding carboxylic acids is 1. The van der Waals surface area contributed by atoms with Gasteiger partial charge >= 0.3 is 5.97 Å². The molecule has 4 heteroatoms. The van der Waals surface area contributed by atoms with Crippen molar-refractivity contribution in [3.63, 3.8) is 0 Å². The number of carbonyl (C=O) groups is 1.